The lowest BCUT2D eigenvalue weighted by atomic mass is 9.68. The van der Waals surface area contributed by atoms with Crippen LogP contribution in [0.4, 0.5) is 11.4 Å². The van der Waals surface area contributed by atoms with Crippen molar-refractivity contribution in [2.24, 2.45) is 9.98 Å². The van der Waals surface area contributed by atoms with E-state index in [9.17, 15) is 5.11 Å². The lowest BCUT2D eigenvalue weighted by Crippen LogP contribution is -2.51. The highest BCUT2D eigenvalue weighted by Gasteiger charge is 2.60. The van der Waals surface area contributed by atoms with Crippen LogP contribution in [0, 0.1) is 0 Å². The van der Waals surface area contributed by atoms with Gasteiger partial charge in [-0.05, 0) is 44.1 Å². The molecule has 2 aromatic carbocycles. The van der Waals surface area contributed by atoms with Crippen molar-refractivity contribution >= 4 is 22.9 Å². The van der Waals surface area contributed by atoms with Gasteiger partial charge in [0.25, 0.3) is 0 Å². The maximum Gasteiger partial charge on any atom is 0.132 e. The molecule has 1 unspecified atom stereocenters. The van der Waals surface area contributed by atoms with Gasteiger partial charge in [0.15, 0.2) is 0 Å². The van der Waals surface area contributed by atoms with E-state index in [1.165, 1.54) is 5.56 Å². The molecule has 1 fully saturated rings. The molecule has 0 spiro atoms. The SMILES string of the molecule is CNCCC1(O)C([C@]23CCN(C)C2=Nc2ccccc23)=Nc2ccccc21. The minimum atomic E-state index is -1.09. The number of nitrogens with zero attached hydrogens (tertiary/aromatic N) is 3. The van der Waals surface area contributed by atoms with E-state index >= 15 is 0 Å². The van der Waals surface area contributed by atoms with Crippen LogP contribution in [-0.4, -0.2) is 48.7 Å². The van der Waals surface area contributed by atoms with E-state index in [-0.39, 0.29) is 0 Å². The number of benzene rings is 2. The number of aliphatic imine (C=N–C) groups is 2. The summed E-state index contributed by atoms with van der Waals surface area (Å²) >= 11 is 0. The molecule has 5 rings (SSSR count). The number of likely N-dealkylation sites (tertiary alicyclic amines) is 1. The number of hydrogen-bond acceptors (Lipinski definition) is 5. The van der Waals surface area contributed by atoms with Gasteiger partial charge < -0.3 is 15.3 Å². The molecule has 2 atom stereocenters. The highest BCUT2D eigenvalue weighted by Crippen LogP contribution is 2.54. The molecule has 0 aromatic heterocycles. The molecule has 1 saturated heterocycles. The number of likely N-dealkylation sites (N-methyl/N-ethyl adjacent to an activating group) is 1. The molecule has 0 radical (unpaired) electrons. The molecule has 27 heavy (non-hydrogen) atoms. The summed E-state index contributed by atoms with van der Waals surface area (Å²) in [5.41, 5.74) is 3.23. The molecule has 0 bridgehead atoms. The van der Waals surface area contributed by atoms with Crippen LogP contribution in [0.3, 0.4) is 0 Å². The summed E-state index contributed by atoms with van der Waals surface area (Å²) < 4.78 is 0. The first-order chi connectivity index (χ1) is 13.1. The predicted molar refractivity (Wildman–Crippen MR) is 108 cm³/mol. The summed E-state index contributed by atoms with van der Waals surface area (Å²) in [5, 5.41) is 15.2. The van der Waals surface area contributed by atoms with Gasteiger partial charge in [-0.1, -0.05) is 36.4 Å². The highest BCUT2D eigenvalue weighted by atomic mass is 16.3. The van der Waals surface area contributed by atoms with Crippen molar-refractivity contribution in [1.82, 2.24) is 10.2 Å². The predicted octanol–water partition coefficient (Wildman–Crippen LogP) is 2.89. The zero-order valence-electron chi connectivity index (χ0n) is 15.7. The number of aliphatic hydroxyl groups is 1. The number of amidine groups is 1. The van der Waals surface area contributed by atoms with E-state index in [2.05, 4.69) is 35.5 Å². The first-order valence-electron chi connectivity index (χ1n) is 9.57. The highest BCUT2D eigenvalue weighted by molar-refractivity contribution is 6.25. The van der Waals surface area contributed by atoms with Crippen LogP contribution in [0.5, 0.6) is 0 Å². The molecule has 0 aliphatic carbocycles. The van der Waals surface area contributed by atoms with Crippen LogP contribution < -0.4 is 5.32 Å². The summed E-state index contributed by atoms with van der Waals surface area (Å²) in [6, 6.07) is 16.3. The van der Waals surface area contributed by atoms with Crippen molar-refractivity contribution in [3.05, 3.63) is 59.7 Å². The lowest BCUT2D eigenvalue weighted by Gasteiger charge is -2.36. The second kappa shape index (κ2) is 5.75. The van der Waals surface area contributed by atoms with E-state index in [1.54, 1.807) is 0 Å². The Kier molecular flexibility index (Phi) is 3.55. The molecule has 3 heterocycles. The third kappa shape index (κ3) is 2.07. The lowest BCUT2D eigenvalue weighted by molar-refractivity contribution is 0.101. The van der Waals surface area contributed by atoms with E-state index in [1.807, 2.05) is 37.4 Å². The first-order valence-corrected chi connectivity index (χ1v) is 9.57. The summed E-state index contributed by atoms with van der Waals surface area (Å²) in [7, 11) is 4.00. The molecule has 3 aliphatic heterocycles. The molecule has 0 saturated carbocycles. The normalized spacial score (nSPS) is 27.9. The maximum atomic E-state index is 12.0. The standard InChI is InChI=1S/C22H24N4O/c1-23-13-11-22(27)16-8-4-6-10-18(16)24-19(22)21-12-14-26(2)20(21)25-17-9-5-3-7-15(17)21/h3-10,23,27H,11-14H2,1-2H3/t21-,22?/m1/s1. The van der Waals surface area contributed by atoms with Gasteiger partial charge in [-0.2, -0.15) is 0 Å². The van der Waals surface area contributed by atoms with Gasteiger partial charge in [-0.3, -0.25) is 4.99 Å². The minimum absolute atomic E-state index is 0.452. The van der Waals surface area contributed by atoms with Gasteiger partial charge >= 0.3 is 0 Å². The monoisotopic (exact) mass is 360 g/mol. The Bertz CT molecular complexity index is 982. The van der Waals surface area contributed by atoms with Crippen LogP contribution in [0.15, 0.2) is 58.5 Å². The molecular formula is C22H24N4O. The fourth-order valence-electron chi connectivity index (χ4n) is 4.98. The van der Waals surface area contributed by atoms with Crippen molar-refractivity contribution in [1.29, 1.82) is 0 Å². The van der Waals surface area contributed by atoms with E-state index in [0.717, 1.165) is 41.5 Å². The zero-order chi connectivity index (χ0) is 18.6. The molecule has 5 nitrogen and oxygen atoms in total. The third-order valence-corrected chi connectivity index (χ3v) is 6.27. The summed E-state index contributed by atoms with van der Waals surface area (Å²) in [4.78, 5) is 12.2. The Morgan fingerprint density at radius 2 is 1.70 bits per heavy atom. The number of nitrogens with one attached hydrogen (secondary N) is 1. The quantitative estimate of drug-likeness (QED) is 0.881. The number of fused-ring (bicyclic) bond motifs is 4. The topological polar surface area (TPSA) is 60.2 Å². The zero-order valence-corrected chi connectivity index (χ0v) is 15.7. The molecule has 3 aliphatic rings. The summed E-state index contributed by atoms with van der Waals surface area (Å²) in [6.07, 6.45) is 1.47. The third-order valence-electron chi connectivity index (χ3n) is 6.27. The van der Waals surface area contributed by atoms with Gasteiger partial charge in [0.2, 0.25) is 0 Å². The second-order valence-corrected chi connectivity index (χ2v) is 7.72. The van der Waals surface area contributed by atoms with E-state index in [4.69, 9.17) is 9.98 Å². The Morgan fingerprint density at radius 3 is 2.44 bits per heavy atom. The summed E-state index contributed by atoms with van der Waals surface area (Å²) in [5.74, 6) is 1.01. The smallest absolute Gasteiger partial charge is 0.132 e. The van der Waals surface area contributed by atoms with Gasteiger partial charge in [0.1, 0.15) is 11.4 Å². The molecule has 0 amide bonds. The molecular weight excluding hydrogens is 336 g/mol. The summed E-state index contributed by atoms with van der Waals surface area (Å²) in [6.45, 7) is 1.62. The van der Waals surface area contributed by atoms with Gasteiger partial charge in [-0.25, -0.2) is 4.99 Å². The van der Waals surface area contributed by atoms with Crippen LogP contribution >= 0.6 is 0 Å². The average Bonchev–Trinajstić information content (AvgIpc) is 3.30. The first kappa shape index (κ1) is 16.7. The Labute approximate surface area is 159 Å². The second-order valence-electron chi connectivity index (χ2n) is 7.72. The maximum absolute atomic E-state index is 12.0. The molecule has 2 N–H and O–H groups in total. The average molecular weight is 360 g/mol. The fraction of sp³-hybridized carbons (Fsp3) is 0.364. The fourth-order valence-corrected chi connectivity index (χ4v) is 4.98. The van der Waals surface area contributed by atoms with Gasteiger partial charge in [-0.15, -0.1) is 0 Å². The van der Waals surface area contributed by atoms with Gasteiger partial charge in [0, 0.05) is 19.2 Å². The van der Waals surface area contributed by atoms with Crippen LogP contribution in [0.25, 0.3) is 0 Å². The molecule has 138 valence electrons. The van der Waals surface area contributed by atoms with Gasteiger partial charge in [0.05, 0.1) is 22.5 Å². The van der Waals surface area contributed by atoms with Crippen molar-refractivity contribution in [3.63, 3.8) is 0 Å². The Hall–Kier alpha value is -2.50. The molecule has 5 heteroatoms. The number of para-hydroxylation sites is 2. The molecule has 2 aromatic rings. The number of hydrogen-bond donors (Lipinski definition) is 2. The van der Waals surface area contributed by atoms with Crippen molar-refractivity contribution in [2.75, 3.05) is 27.2 Å². The van der Waals surface area contributed by atoms with Crippen molar-refractivity contribution in [2.45, 2.75) is 23.9 Å². The van der Waals surface area contributed by atoms with Crippen LogP contribution in [0.1, 0.15) is 24.0 Å². The van der Waals surface area contributed by atoms with Crippen molar-refractivity contribution in [3.8, 4) is 0 Å². The van der Waals surface area contributed by atoms with E-state index < -0.39 is 11.0 Å². The van der Waals surface area contributed by atoms with Crippen LogP contribution in [-0.2, 0) is 11.0 Å². The minimum Gasteiger partial charge on any atom is -0.379 e. The largest absolute Gasteiger partial charge is 0.379 e. The number of rotatable bonds is 4. The Balaban J connectivity index is 1.75. The Morgan fingerprint density at radius 1 is 1.04 bits per heavy atom. The van der Waals surface area contributed by atoms with Crippen LogP contribution in [0.2, 0.25) is 0 Å². The van der Waals surface area contributed by atoms with Crippen molar-refractivity contribution < 1.29 is 5.11 Å². The van der Waals surface area contributed by atoms with E-state index in [0.29, 0.717) is 13.0 Å².